The summed E-state index contributed by atoms with van der Waals surface area (Å²) in [7, 11) is 1.34. The molecule has 0 radical (unpaired) electrons. The van der Waals surface area contributed by atoms with Crippen LogP contribution in [0.2, 0.25) is 0 Å². The first kappa shape index (κ1) is 14.1. The third-order valence-electron chi connectivity index (χ3n) is 2.87. The summed E-state index contributed by atoms with van der Waals surface area (Å²) < 4.78 is 10.4. The summed E-state index contributed by atoms with van der Waals surface area (Å²) in [6.45, 7) is 1.68. The first-order valence-corrected chi connectivity index (χ1v) is 6.25. The summed E-state index contributed by atoms with van der Waals surface area (Å²) >= 11 is 0. The number of carbonyl (C=O) groups excluding carboxylic acids is 1. The predicted molar refractivity (Wildman–Crippen MR) is 74.9 cm³/mol. The van der Waals surface area contributed by atoms with E-state index in [1.807, 2.05) is 18.2 Å². The second-order valence-corrected chi connectivity index (χ2v) is 4.33. The molecule has 0 saturated heterocycles. The SMILES string of the molecule is COC(=O)c1ccc(Oc2ccccc2C(C)O)cc1. The molecule has 1 N–H and O–H groups in total. The van der Waals surface area contributed by atoms with Gasteiger partial charge in [0.2, 0.25) is 0 Å². The smallest absolute Gasteiger partial charge is 0.337 e. The maximum atomic E-state index is 11.3. The van der Waals surface area contributed by atoms with Gasteiger partial charge in [0.15, 0.2) is 0 Å². The van der Waals surface area contributed by atoms with E-state index in [-0.39, 0.29) is 5.97 Å². The maximum Gasteiger partial charge on any atom is 0.337 e. The second-order valence-electron chi connectivity index (χ2n) is 4.33. The first-order valence-electron chi connectivity index (χ1n) is 6.25. The van der Waals surface area contributed by atoms with Gasteiger partial charge < -0.3 is 14.6 Å². The van der Waals surface area contributed by atoms with Crippen molar-refractivity contribution in [1.29, 1.82) is 0 Å². The fourth-order valence-corrected chi connectivity index (χ4v) is 1.82. The second kappa shape index (κ2) is 6.21. The summed E-state index contributed by atoms with van der Waals surface area (Å²) in [4.78, 5) is 11.3. The fourth-order valence-electron chi connectivity index (χ4n) is 1.82. The number of hydrogen-bond donors (Lipinski definition) is 1. The lowest BCUT2D eigenvalue weighted by molar-refractivity contribution is 0.0600. The quantitative estimate of drug-likeness (QED) is 0.867. The molecule has 0 bridgehead atoms. The number of aliphatic hydroxyl groups is 1. The van der Waals surface area contributed by atoms with Gasteiger partial charge in [-0.15, -0.1) is 0 Å². The zero-order chi connectivity index (χ0) is 14.5. The van der Waals surface area contributed by atoms with Crippen LogP contribution in [0.3, 0.4) is 0 Å². The van der Waals surface area contributed by atoms with E-state index in [2.05, 4.69) is 4.74 Å². The molecule has 0 saturated carbocycles. The van der Waals surface area contributed by atoms with Gasteiger partial charge in [-0.25, -0.2) is 4.79 Å². The molecule has 0 aliphatic carbocycles. The van der Waals surface area contributed by atoms with Gasteiger partial charge in [-0.3, -0.25) is 0 Å². The Balaban J connectivity index is 2.20. The highest BCUT2D eigenvalue weighted by atomic mass is 16.5. The number of methoxy groups -OCH3 is 1. The third kappa shape index (κ3) is 3.16. The van der Waals surface area contributed by atoms with Gasteiger partial charge in [0.25, 0.3) is 0 Å². The summed E-state index contributed by atoms with van der Waals surface area (Å²) in [5.41, 5.74) is 1.17. The zero-order valence-electron chi connectivity index (χ0n) is 11.4. The number of hydrogen-bond acceptors (Lipinski definition) is 4. The maximum absolute atomic E-state index is 11.3. The van der Waals surface area contributed by atoms with Crippen LogP contribution in [-0.4, -0.2) is 18.2 Å². The van der Waals surface area contributed by atoms with Gasteiger partial charge in [0, 0.05) is 5.56 Å². The Morgan fingerprint density at radius 1 is 1.10 bits per heavy atom. The Hall–Kier alpha value is -2.33. The average molecular weight is 272 g/mol. The molecule has 0 aliphatic rings. The molecule has 2 aromatic carbocycles. The van der Waals surface area contributed by atoms with E-state index in [0.717, 1.165) is 0 Å². The molecule has 4 heteroatoms. The van der Waals surface area contributed by atoms with Crippen LogP contribution in [0.1, 0.15) is 28.9 Å². The van der Waals surface area contributed by atoms with E-state index >= 15 is 0 Å². The number of rotatable bonds is 4. The number of carbonyl (C=O) groups is 1. The van der Waals surface area contributed by atoms with Gasteiger partial charge in [-0.05, 0) is 37.3 Å². The van der Waals surface area contributed by atoms with Crippen LogP contribution < -0.4 is 4.74 Å². The summed E-state index contributed by atoms with van der Waals surface area (Å²) in [6.07, 6.45) is -0.611. The van der Waals surface area contributed by atoms with Crippen molar-refractivity contribution in [2.45, 2.75) is 13.0 Å². The van der Waals surface area contributed by atoms with Crippen LogP contribution in [0.15, 0.2) is 48.5 Å². The van der Waals surface area contributed by atoms with Crippen molar-refractivity contribution in [2.24, 2.45) is 0 Å². The lowest BCUT2D eigenvalue weighted by Crippen LogP contribution is -2.00. The zero-order valence-corrected chi connectivity index (χ0v) is 11.4. The van der Waals surface area contributed by atoms with Crippen molar-refractivity contribution in [1.82, 2.24) is 0 Å². The monoisotopic (exact) mass is 272 g/mol. The topological polar surface area (TPSA) is 55.8 Å². The van der Waals surface area contributed by atoms with Crippen molar-refractivity contribution in [3.63, 3.8) is 0 Å². The van der Waals surface area contributed by atoms with Crippen molar-refractivity contribution in [2.75, 3.05) is 7.11 Å². The Morgan fingerprint density at radius 3 is 2.35 bits per heavy atom. The molecule has 0 aliphatic heterocycles. The van der Waals surface area contributed by atoms with Crippen LogP contribution in [0, 0.1) is 0 Å². The van der Waals surface area contributed by atoms with Crippen LogP contribution in [0.25, 0.3) is 0 Å². The molecule has 0 fully saturated rings. The highest BCUT2D eigenvalue weighted by Crippen LogP contribution is 2.29. The number of para-hydroxylation sites is 1. The standard InChI is InChI=1S/C16H16O4/c1-11(17)14-5-3-4-6-15(14)20-13-9-7-12(8-10-13)16(18)19-2/h3-11,17H,1-2H3. The van der Waals surface area contributed by atoms with Crippen LogP contribution in [-0.2, 0) is 4.74 Å². The lowest BCUT2D eigenvalue weighted by atomic mass is 10.1. The van der Waals surface area contributed by atoms with E-state index < -0.39 is 6.10 Å². The Morgan fingerprint density at radius 2 is 1.75 bits per heavy atom. The lowest BCUT2D eigenvalue weighted by Gasteiger charge is -2.13. The van der Waals surface area contributed by atoms with Gasteiger partial charge in [0.1, 0.15) is 11.5 Å². The van der Waals surface area contributed by atoms with Gasteiger partial charge in [-0.1, -0.05) is 18.2 Å². The molecule has 20 heavy (non-hydrogen) atoms. The van der Waals surface area contributed by atoms with Crippen molar-refractivity contribution >= 4 is 5.97 Å². The number of esters is 1. The van der Waals surface area contributed by atoms with Gasteiger partial charge in [0.05, 0.1) is 18.8 Å². The predicted octanol–water partition coefficient (Wildman–Crippen LogP) is 3.32. The molecule has 0 heterocycles. The third-order valence-corrected chi connectivity index (χ3v) is 2.87. The van der Waals surface area contributed by atoms with E-state index in [1.54, 1.807) is 37.3 Å². The molecular formula is C16H16O4. The van der Waals surface area contributed by atoms with Crippen molar-refractivity contribution in [3.8, 4) is 11.5 Å². The normalized spacial score (nSPS) is 11.8. The number of aliphatic hydroxyl groups excluding tert-OH is 1. The minimum atomic E-state index is -0.611. The molecule has 2 aromatic rings. The molecule has 2 rings (SSSR count). The van der Waals surface area contributed by atoms with Crippen molar-refractivity contribution < 1.29 is 19.4 Å². The fraction of sp³-hybridized carbons (Fsp3) is 0.188. The van der Waals surface area contributed by atoms with Crippen molar-refractivity contribution in [3.05, 3.63) is 59.7 Å². The minimum Gasteiger partial charge on any atom is -0.465 e. The average Bonchev–Trinajstić information content (AvgIpc) is 2.47. The number of ether oxygens (including phenoxy) is 2. The molecule has 1 unspecified atom stereocenters. The van der Waals surface area contributed by atoms with E-state index in [1.165, 1.54) is 7.11 Å². The Bertz CT molecular complexity index is 588. The largest absolute Gasteiger partial charge is 0.465 e. The van der Waals surface area contributed by atoms with E-state index in [0.29, 0.717) is 22.6 Å². The molecule has 104 valence electrons. The van der Waals surface area contributed by atoms with Crippen LogP contribution in [0.5, 0.6) is 11.5 Å². The summed E-state index contributed by atoms with van der Waals surface area (Å²) in [5.74, 6) is 0.792. The minimum absolute atomic E-state index is 0.388. The molecular weight excluding hydrogens is 256 g/mol. The van der Waals surface area contributed by atoms with Crippen LogP contribution in [0.4, 0.5) is 0 Å². The summed E-state index contributed by atoms with van der Waals surface area (Å²) in [5, 5.41) is 9.69. The highest BCUT2D eigenvalue weighted by molar-refractivity contribution is 5.89. The number of benzene rings is 2. The molecule has 0 spiro atoms. The molecule has 0 aromatic heterocycles. The highest BCUT2D eigenvalue weighted by Gasteiger charge is 2.10. The molecule has 4 nitrogen and oxygen atoms in total. The van der Waals surface area contributed by atoms with E-state index in [9.17, 15) is 9.90 Å². The van der Waals surface area contributed by atoms with Crippen LogP contribution >= 0.6 is 0 Å². The first-order chi connectivity index (χ1) is 9.61. The summed E-state index contributed by atoms with van der Waals surface area (Å²) in [6, 6.07) is 13.9. The Labute approximate surface area is 117 Å². The Kier molecular flexibility index (Phi) is 4.38. The molecule has 0 amide bonds. The van der Waals surface area contributed by atoms with E-state index in [4.69, 9.17) is 4.74 Å². The van der Waals surface area contributed by atoms with Gasteiger partial charge >= 0.3 is 5.97 Å². The van der Waals surface area contributed by atoms with Gasteiger partial charge in [-0.2, -0.15) is 0 Å². The molecule has 1 atom stereocenters.